The number of carbonyl (C=O) groups excluding carboxylic acids is 1. The first kappa shape index (κ1) is 23.1. The van der Waals surface area contributed by atoms with Gasteiger partial charge in [-0.1, -0.05) is 78.5 Å². The van der Waals surface area contributed by atoms with Crippen LogP contribution in [0.15, 0.2) is 93.7 Å². The van der Waals surface area contributed by atoms with Gasteiger partial charge in [0, 0.05) is 10.6 Å². The minimum atomic E-state index is -0.593. The van der Waals surface area contributed by atoms with E-state index in [0.717, 1.165) is 16.0 Å². The van der Waals surface area contributed by atoms with Gasteiger partial charge in [-0.2, -0.15) is 0 Å². The number of ether oxygens (including phenoxy) is 1. The maximum atomic E-state index is 13.5. The number of anilines is 1. The molecule has 0 bridgehead atoms. The molecule has 0 radical (unpaired) electrons. The monoisotopic (exact) mass is 501 g/mol. The van der Waals surface area contributed by atoms with Crippen molar-refractivity contribution in [2.75, 3.05) is 11.9 Å². The zero-order valence-electron chi connectivity index (χ0n) is 19.0. The van der Waals surface area contributed by atoms with Gasteiger partial charge in [-0.15, -0.1) is 11.3 Å². The van der Waals surface area contributed by atoms with E-state index in [-0.39, 0.29) is 12.2 Å². The zero-order chi connectivity index (χ0) is 24.2. The fourth-order valence-corrected chi connectivity index (χ4v) is 5.75. The molecule has 1 aliphatic heterocycles. The molecule has 0 amide bonds. The summed E-state index contributed by atoms with van der Waals surface area (Å²) in [5.41, 5.74) is 3.11. The molecular weight excluding hydrogens is 478 g/mol. The molecule has 5 rings (SSSR count). The van der Waals surface area contributed by atoms with Crippen molar-refractivity contribution < 1.29 is 9.53 Å². The van der Waals surface area contributed by atoms with Crippen LogP contribution < -0.4 is 10.9 Å². The van der Waals surface area contributed by atoms with Gasteiger partial charge in [-0.3, -0.25) is 4.79 Å². The number of hydrogen-bond donors (Lipinski definition) is 2. The van der Waals surface area contributed by atoms with Crippen LogP contribution in [0, 0.1) is 0 Å². The van der Waals surface area contributed by atoms with Crippen LogP contribution in [0.5, 0.6) is 0 Å². The maximum Gasteiger partial charge on any atom is 0.337 e. The highest BCUT2D eigenvalue weighted by Gasteiger charge is 2.38. The predicted octanol–water partition coefficient (Wildman–Crippen LogP) is 5.66. The second-order valence-electron chi connectivity index (χ2n) is 7.86. The van der Waals surface area contributed by atoms with Gasteiger partial charge >= 0.3 is 5.97 Å². The molecule has 3 heterocycles. The molecule has 1 atom stereocenters. The minimum Gasteiger partial charge on any atom is -0.463 e. The highest BCUT2D eigenvalue weighted by molar-refractivity contribution is 7.98. The average Bonchev–Trinajstić information content (AvgIpc) is 3.42. The number of fused-ring (bicyclic) bond motifs is 1. The van der Waals surface area contributed by atoms with Crippen LogP contribution in [0.25, 0.3) is 5.70 Å². The number of hydrogen-bond acceptors (Lipinski definition) is 7. The Morgan fingerprint density at radius 3 is 2.49 bits per heavy atom. The van der Waals surface area contributed by atoms with Crippen LogP contribution in [0.2, 0.25) is 0 Å². The van der Waals surface area contributed by atoms with Crippen LogP contribution in [0.3, 0.4) is 0 Å². The van der Waals surface area contributed by atoms with Gasteiger partial charge in [-0.25, -0.2) is 9.78 Å². The lowest BCUT2D eigenvalue weighted by atomic mass is 9.84. The lowest BCUT2D eigenvalue weighted by Gasteiger charge is -2.29. The molecule has 8 heteroatoms. The minimum absolute atomic E-state index is 0.234. The number of aromatic nitrogens is 2. The van der Waals surface area contributed by atoms with E-state index in [1.54, 1.807) is 6.92 Å². The van der Waals surface area contributed by atoms with Crippen LogP contribution in [0.1, 0.15) is 34.4 Å². The molecule has 35 heavy (non-hydrogen) atoms. The summed E-state index contributed by atoms with van der Waals surface area (Å²) >= 11 is 2.95. The third-order valence-electron chi connectivity index (χ3n) is 5.63. The van der Waals surface area contributed by atoms with E-state index in [0.29, 0.717) is 33.6 Å². The second-order valence-corrected chi connectivity index (χ2v) is 9.80. The van der Waals surface area contributed by atoms with E-state index in [2.05, 4.69) is 10.3 Å². The second kappa shape index (κ2) is 10.3. The SMILES string of the molecule is CCOC(=O)C1=C(c2ccccc2)Nc2nc(SCc3ccccc3)[nH]c(=O)c2C1c1cccs1. The topological polar surface area (TPSA) is 84.1 Å². The van der Waals surface area contributed by atoms with Crippen molar-refractivity contribution in [3.8, 4) is 0 Å². The maximum absolute atomic E-state index is 13.5. The van der Waals surface area contributed by atoms with Crippen LogP contribution in [-0.2, 0) is 15.3 Å². The predicted molar refractivity (Wildman–Crippen MR) is 141 cm³/mol. The van der Waals surface area contributed by atoms with Gasteiger partial charge < -0.3 is 15.0 Å². The Bertz CT molecular complexity index is 1420. The first-order valence-corrected chi connectivity index (χ1v) is 13.1. The standard InChI is InChI=1S/C27H23N3O3S2/c1-2-33-26(32)21-20(19-14-9-15-34-19)22-24(28-23(21)18-12-7-4-8-13-18)29-27(30-25(22)31)35-16-17-10-5-3-6-11-17/h3-15,20H,2,16H2,1H3,(H2,28,29,30,31). The number of esters is 1. The molecule has 2 aromatic heterocycles. The van der Waals surface area contributed by atoms with Crippen molar-refractivity contribution in [1.29, 1.82) is 0 Å². The normalized spacial score (nSPS) is 14.8. The van der Waals surface area contributed by atoms with Crippen LogP contribution in [-0.4, -0.2) is 22.5 Å². The number of nitrogens with zero attached hydrogens (tertiary/aromatic N) is 1. The summed E-state index contributed by atoms with van der Waals surface area (Å²) in [5.74, 6) is 0.0798. The van der Waals surface area contributed by atoms with Crippen molar-refractivity contribution in [2.45, 2.75) is 23.8 Å². The van der Waals surface area contributed by atoms with E-state index in [1.807, 2.05) is 78.2 Å². The van der Waals surface area contributed by atoms with Gasteiger partial charge in [0.1, 0.15) is 5.82 Å². The average molecular weight is 502 g/mol. The number of nitrogens with one attached hydrogen (secondary N) is 2. The third kappa shape index (κ3) is 4.80. The number of H-pyrrole nitrogens is 1. The summed E-state index contributed by atoms with van der Waals surface area (Å²) < 4.78 is 5.46. The molecule has 0 fully saturated rings. The number of rotatable bonds is 7. The Balaban J connectivity index is 1.64. The molecular formula is C27H23N3O3S2. The molecule has 1 aliphatic rings. The summed E-state index contributed by atoms with van der Waals surface area (Å²) in [4.78, 5) is 35.3. The smallest absolute Gasteiger partial charge is 0.337 e. The van der Waals surface area contributed by atoms with Gasteiger partial charge in [0.2, 0.25) is 0 Å². The summed E-state index contributed by atoms with van der Waals surface area (Å²) in [6.07, 6.45) is 0. The number of aromatic amines is 1. The van der Waals surface area contributed by atoms with Crippen molar-refractivity contribution in [2.24, 2.45) is 0 Å². The third-order valence-corrected chi connectivity index (χ3v) is 7.51. The molecule has 176 valence electrons. The van der Waals surface area contributed by atoms with E-state index < -0.39 is 11.9 Å². The molecule has 4 aromatic rings. The van der Waals surface area contributed by atoms with Crippen LogP contribution in [0.4, 0.5) is 5.82 Å². The fraction of sp³-hybridized carbons (Fsp3) is 0.148. The quantitative estimate of drug-likeness (QED) is 0.193. The highest BCUT2D eigenvalue weighted by Crippen LogP contribution is 2.44. The Kier molecular flexibility index (Phi) is 6.83. The van der Waals surface area contributed by atoms with Gasteiger partial charge in [-0.05, 0) is 29.5 Å². The number of carbonyl (C=O) groups is 1. The number of thioether (sulfide) groups is 1. The van der Waals surface area contributed by atoms with Crippen molar-refractivity contribution >= 4 is 40.6 Å². The lowest BCUT2D eigenvalue weighted by Crippen LogP contribution is -2.31. The van der Waals surface area contributed by atoms with Crippen LogP contribution >= 0.6 is 23.1 Å². The summed E-state index contributed by atoms with van der Waals surface area (Å²) in [5, 5.41) is 5.77. The fourth-order valence-electron chi connectivity index (χ4n) is 4.09. The Morgan fingerprint density at radius 2 is 1.80 bits per heavy atom. The summed E-state index contributed by atoms with van der Waals surface area (Å²) in [7, 11) is 0. The summed E-state index contributed by atoms with van der Waals surface area (Å²) in [6.45, 7) is 2.01. The molecule has 2 N–H and O–H groups in total. The van der Waals surface area contributed by atoms with Crippen molar-refractivity contribution in [3.63, 3.8) is 0 Å². The molecule has 0 spiro atoms. The van der Waals surface area contributed by atoms with Crippen molar-refractivity contribution in [3.05, 3.63) is 116 Å². The van der Waals surface area contributed by atoms with E-state index >= 15 is 0 Å². The molecule has 0 aliphatic carbocycles. The lowest BCUT2D eigenvalue weighted by molar-refractivity contribution is -0.138. The van der Waals surface area contributed by atoms with E-state index in [1.165, 1.54) is 23.1 Å². The molecule has 6 nitrogen and oxygen atoms in total. The number of thiophene rings is 1. The molecule has 0 saturated heterocycles. The van der Waals surface area contributed by atoms with E-state index in [4.69, 9.17) is 9.72 Å². The first-order chi connectivity index (χ1) is 17.2. The molecule has 2 aromatic carbocycles. The van der Waals surface area contributed by atoms with Crippen molar-refractivity contribution in [1.82, 2.24) is 9.97 Å². The highest BCUT2D eigenvalue weighted by atomic mass is 32.2. The number of benzene rings is 2. The molecule has 1 unspecified atom stereocenters. The molecule has 0 saturated carbocycles. The largest absolute Gasteiger partial charge is 0.463 e. The van der Waals surface area contributed by atoms with Gasteiger partial charge in [0.25, 0.3) is 5.56 Å². The Morgan fingerprint density at radius 1 is 1.06 bits per heavy atom. The Labute approximate surface area is 211 Å². The van der Waals surface area contributed by atoms with Gasteiger partial charge in [0.15, 0.2) is 5.16 Å². The first-order valence-electron chi connectivity index (χ1n) is 11.2. The van der Waals surface area contributed by atoms with Gasteiger partial charge in [0.05, 0.1) is 29.4 Å². The summed E-state index contributed by atoms with van der Waals surface area (Å²) in [6, 6.07) is 23.5. The Hall–Kier alpha value is -3.62. The van der Waals surface area contributed by atoms with E-state index in [9.17, 15) is 9.59 Å². The zero-order valence-corrected chi connectivity index (χ0v) is 20.6.